The van der Waals surface area contributed by atoms with Crippen LogP contribution >= 0.6 is 11.8 Å². The molecule has 1 aromatic heterocycles. The van der Waals surface area contributed by atoms with Crippen LogP contribution in [0, 0.1) is 6.92 Å². The number of para-hydroxylation sites is 1. The molecule has 4 rings (SSSR count). The number of thioether (sulfide) groups is 1. The molecule has 0 bridgehead atoms. The van der Waals surface area contributed by atoms with Crippen LogP contribution in [0.2, 0.25) is 0 Å². The minimum atomic E-state index is -0.228. The molecule has 1 aliphatic rings. The number of hydrogen-bond donors (Lipinski definition) is 0. The number of hydrogen-bond acceptors (Lipinski definition) is 3. The van der Waals surface area contributed by atoms with Crippen LogP contribution < -0.4 is 0 Å². The average molecular weight is 362 g/mol. The summed E-state index contributed by atoms with van der Waals surface area (Å²) in [6, 6.07) is 15.9. The highest BCUT2D eigenvalue weighted by atomic mass is 32.2. The molecule has 1 saturated heterocycles. The van der Waals surface area contributed by atoms with Gasteiger partial charge >= 0.3 is 0 Å². The number of carbonyl (C=O) groups is 2. The molecule has 0 N–H and O–H groups in total. The summed E-state index contributed by atoms with van der Waals surface area (Å²) < 4.78 is 2.03. The predicted octanol–water partition coefficient (Wildman–Crippen LogP) is 4.72. The minimum absolute atomic E-state index is 0.220. The van der Waals surface area contributed by atoms with Crippen molar-refractivity contribution in [3.05, 3.63) is 76.3 Å². The molecule has 0 spiro atoms. The van der Waals surface area contributed by atoms with Gasteiger partial charge in [-0.3, -0.25) is 14.5 Å². The maximum absolute atomic E-state index is 12.7. The quantitative estimate of drug-likeness (QED) is 0.633. The molecule has 1 aliphatic heterocycles. The summed E-state index contributed by atoms with van der Waals surface area (Å²) in [4.78, 5) is 26.9. The topological polar surface area (TPSA) is 42.3 Å². The van der Waals surface area contributed by atoms with Crippen molar-refractivity contribution >= 4 is 39.9 Å². The SMILES string of the molecule is Cc1ccc(CN2C(=O)S/C(=C/c3cn(C)c4ccccc34)C2=O)cc1. The monoisotopic (exact) mass is 362 g/mol. The van der Waals surface area contributed by atoms with Crippen LogP contribution in [0.25, 0.3) is 17.0 Å². The maximum atomic E-state index is 12.7. The Kier molecular flexibility index (Phi) is 4.17. The summed E-state index contributed by atoms with van der Waals surface area (Å²) in [7, 11) is 1.98. The van der Waals surface area contributed by atoms with Crippen molar-refractivity contribution in [3.63, 3.8) is 0 Å². The number of benzene rings is 2. The summed E-state index contributed by atoms with van der Waals surface area (Å²) in [5.74, 6) is -0.228. The van der Waals surface area contributed by atoms with Gasteiger partial charge in [-0.15, -0.1) is 0 Å². The first-order valence-electron chi connectivity index (χ1n) is 8.38. The zero-order chi connectivity index (χ0) is 18.3. The van der Waals surface area contributed by atoms with Crippen LogP contribution in [-0.4, -0.2) is 20.6 Å². The fourth-order valence-corrected chi connectivity index (χ4v) is 3.97. The lowest BCUT2D eigenvalue weighted by molar-refractivity contribution is -0.123. The van der Waals surface area contributed by atoms with Crippen LogP contribution in [-0.2, 0) is 18.4 Å². The Balaban J connectivity index is 1.64. The van der Waals surface area contributed by atoms with E-state index < -0.39 is 0 Å². The number of aryl methyl sites for hydroxylation is 2. The van der Waals surface area contributed by atoms with Crippen LogP contribution in [0.15, 0.2) is 59.6 Å². The van der Waals surface area contributed by atoms with Gasteiger partial charge in [0.1, 0.15) is 0 Å². The fourth-order valence-electron chi connectivity index (χ4n) is 3.14. The smallest absolute Gasteiger partial charge is 0.293 e. The zero-order valence-electron chi connectivity index (χ0n) is 14.6. The largest absolute Gasteiger partial charge is 0.350 e. The number of carbonyl (C=O) groups excluding carboxylic acids is 2. The Bertz CT molecular complexity index is 1050. The molecule has 0 atom stereocenters. The second-order valence-corrected chi connectivity index (χ2v) is 7.46. The second-order valence-electron chi connectivity index (χ2n) is 6.47. The van der Waals surface area contributed by atoms with E-state index in [0.717, 1.165) is 39.4 Å². The van der Waals surface area contributed by atoms with Crippen molar-refractivity contribution in [1.29, 1.82) is 0 Å². The number of aromatic nitrogens is 1. The third-order valence-electron chi connectivity index (χ3n) is 4.55. The lowest BCUT2D eigenvalue weighted by atomic mass is 10.1. The number of imide groups is 1. The summed E-state index contributed by atoms with van der Waals surface area (Å²) in [6.07, 6.45) is 3.81. The molecule has 2 amide bonds. The van der Waals surface area contributed by atoms with E-state index >= 15 is 0 Å². The minimum Gasteiger partial charge on any atom is -0.350 e. The molecule has 0 unspecified atom stereocenters. The van der Waals surface area contributed by atoms with Gasteiger partial charge in [-0.25, -0.2) is 0 Å². The highest BCUT2D eigenvalue weighted by molar-refractivity contribution is 8.18. The highest BCUT2D eigenvalue weighted by Crippen LogP contribution is 2.34. The van der Waals surface area contributed by atoms with E-state index in [9.17, 15) is 9.59 Å². The first-order valence-corrected chi connectivity index (χ1v) is 9.19. The Hall–Kier alpha value is -2.79. The molecule has 4 nitrogen and oxygen atoms in total. The molecular weight excluding hydrogens is 344 g/mol. The number of fused-ring (bicyclic) bond motifs is 1. The van der Waals surface area contributed by atoms with Gasteiger partial charge in [0.2, 0.25) is 0 Å². The van der Waals surface area contributed by atoms with Gasteiger partial charge in [-0.05, 0) is 36.4 Å². The van der Waals surface area contributed by atoms with Crippen molar-refractivity contribution in [2.45, 2.75) is 13.5 Å². The van der Waals surface area contributed by atoms with Crippen LogP contribution in [0.3, 0.4) is 0 Å². The molecule has 0 saturated carbocycles. The molecule has 2 heterocycles. The van der Waals surface area contributed by atoms with Crippen molar-refractivity contribution in [1.82, 2.24) is 9.47 Å². The molecule has 0 aliphatic carbocycles. The van der Waals surface area contributed by atoms with Crippen molar-refractivity contribution in [2.75, 3.05) is 0 Å². The highest BCUT2D eigenvalue weighted by Gasteiger charge is 2.35. The molecular formula is C21H18N2O2S. The number of amides is 2. The van der Waals surface area contributed by atoms with Crippen LogP contribution in [0.1, 0.15) is 16.7 Å². The van der Waals surface area contributed by atoms with E-state index in [1.807, 2.05) is 79.3 Å². The van der Waals surface area contributed by atoms with Gasteiger partial charge in [0.25, 0.3) is 11.1 Å². The van der Waals surface area contributed by atoms with E-state index in [4.69, 9.17) is 0 Å². The van der Waals surface area contributed by atoms with Gasteiger partial charge in [-0.1, -0.05) is 48.0 Å². The molecule has 3 aromatic rings. The maximum Gasteiger partial charge on any atom is 0.293 e. The van der Waals surface area contributed by atoms with Gasteiger partial charge in [0, 0.05) is 29.7 Å². The van der Waals surface area contributed by atoms with Crippen LogP contribution in [0.5, 0.6) is 0 Å². The summed E-state index contributed by atoms with van der Waals surface area (Å²) in [6.45, 7) is 2.31. The number of nitrogens with zero attached hydrogens (tertiary/aromatic N) is 2. The molecule has 1 fully saturated rings. The fraction of sp³-hybridized carbons (Fsp3) is 0.143. The Morgan fingerprint density at radius 2 is 1.77 bits per heavy atom. The first-order chi connectivity index (χ1) is 12.5. The molecule has 2 aromatic carbocycles. The molecule has 5 heteroatoms. The number of rotatable bonds is 3. The summed E-state index contributed by atoms with van der Waals surface area (Å²) in [5, 5.41) is 0.849. The van der Waals surface area contributed by atoms with E-state index in [-0.39, 0.29) is 11.1 Å². The van der Waals surface area contributed by atoms with Gasteiger partial charge in [0.05, 0.1) is 11.4 Å². The zero-order valence-corrected chi connectivity index (χ0v) is 15.4. The summed E-state index contributed by atoms with van der Waals surface area (Å²) >= 11 is 1.01. The lowest BCUT2D eigenvalue weighted by Gasteiger charge is -2.12. The molecule has 26 heavy (non-hydrogen) atoms. The van der Waals surface area contributed by atoms with E-state index in [0.29, 0.717) is 11.4 Å². The normalized spacial score (nSPS) is 16.2. The van der Waals surface area contributed by atoms with Crippen LogP contribution in [0.4, 0.5) is 4.79 Å². The van der Waals surface area contributed by atoms with Crippen molar-refractivity contribution in [3.8, 4) is 0 Å². The predicted molar refractivity (Wildman–Crippen MR) is 106 cm³/mol. The standard InChI is InChI=1S/C21H18N2O2S/c1-14-7-9-15(10-8-14)12-23-20(24)19(26-21(23)25)11-16-13-22(2)18-6-4-3-5-17(16)18/h3-11,13H,12H2,1-2H3/b19-11+. The Morgan fingerprint density at radius 1 is 1.04 bits per heavy atom. The van der Waals surface area contributed by atoms with Gasteiger partial charge < -0.3 is 4.57 Å². The van der Waals surface area contributed by atoms with Gasteiger partial charge in [0.15, 0.2) is 0 Å². The summed E-state index contributed by atoms with van der Waals surface area (Å²) in [5.41, 5.74) is 4.14. The van der Waals surface area contributed by atoms with Gasteiger partial charge in [-0.2, -0.15) is 0 Å². The van der Waals surface area contributed by atoms with Crippen molar-refractivity contribution < 1.29 is 9.59 Å². The van der Waals surface area contributed by atoms with E-state index in [1.54, 1.807) is 0 Å². The third-order valence-corrected chi connectivity index (χ3v) is 5.46. The Morgan fingerprint density at radius 3 is 2.54 bits per heavy atom. The van der Waals surface area contributed by atoms with E-state index in [2.05, 4.69) is 0 Å². The second kappa shape index (κ2) is 6.50. The Labute approximate surface area is 156 Å². The molecule has 0 radical (unpaired) electrons. The lowest BCUT2D eigenvalue weighted by Crippen LogP contribution is -2.27. The average Bonchev–Trinajstić information content (AvgIpc) is 3.09. The molecule has 130 valence electrons. The third kappa shape index (κ3) is 2.95. The van der Waals surface area contributed by atoms with Crippen molar-refractivity contribution in [2.24, 2.45) is 7.05 Å². The van der Waals surface area contributed by atoms with E-state index in [1.165, 1.54) is 4.90 Å². The first kappa shape index (κ1) is 16.7.